The Hall–Kier alpha value is -1.65. The Morgan fingerprint density at radius 3 is 2.63 bits per heavy atom. The molecule has 2 aliphatic rings. The van der Waals surface area contributed by atoms with Gasteiger partial charge in [-0.05, 0) is 38.2 Å². The summed E-state index contributed by atoms with van der Waals surface area (Å²) in [6.45, 7) is 1.71. The Balaban J connectivity index is 1.72. The van der Waals surface area contributed by atoms with Gasteiger partial charge in [0.25, 0.3) is 5.56 Å². The molecule has 1 saturated carbocycles. The second kappa shape index (κ2) is 5.15. The zero-order valence-corrected chi connectivity index (χ0v) is 11.0. The molecule has 1 aliphatic carbocycles. The summed E-state index contributed by atoms with van der Waals surface area (Å²) in [5.41, 5.74) is 0.765. The molecular weight excluding hydrogens is 242 g/mol. The van der Waals surface area contributed by atoms with Crippen LogP contribution in [0.5, 0.6) is 0 Å². The van der Waals surface area contributed by atoms with Crippen molar-refractivity contribution in [1.29, 1.82) is 0 Å². The first-order valence-electron chi connectivity index (χ1n) is 7.10. The van der Waals surface area contributed by atoms with Crippen LogP contribution in [0.3, 0.4) is 0 Å². The molecule has 3 rings (SSSR count). The normalized spacial score (nSPS) is 19.5. The summed E-state index contributed by atoms with van der Waals surface area (Å²) in [6.07, 6.45) is 5.61. The van der Waals surface area contributed by atoms with Crippen LogP contribution in [-0.4, -0.2) is 33.7 Å². The summed E-state index contributed by atoms with van der Waals surface area (Å²) >= 11 is 0. The third-order valence-electron chi connectivity index (χ3n) is 3.88. The first-order valence-corrected chi connectivity index (χ1v) is 7.10. The van der Waals surface area contributed by atoms with Crippen molar-refractivity contribution >= 4 is 5.91 Å². The van der Waals surface area contributed by atoms with Gasteiger partial charge in [0.05, 0.1) is 5.69 Å². The van der Waals surface area contributed by atoms with E-state index in [4.69, 9.17) is 0 Å². The largest absolute Gasteiger partial charge is 0.341 e. The topological polar surface area (TPSA) is 55.2 Å². The van der Waals surface area contributed by atoms with E-state index in [2.05, 4.69) is 5.10 Å². The molecule has 102 valence electrons. The number of carbonyl (C=O) groups is 1. The van der Waals surface area contributed by atoms with Crippen LogP contribution in [0.25, 0.3) is 0 Å². The minimum atomic E-state index is -0.185. The Kier molecular flexibility index (Phi) is 3.36. The monoisotopic (exact) mass is 261 g/mol. The summed E-state index contributed by atoms with van der Waals surface area (Å²) in [7, 11) is 0. The molecule has 1 aliphatic heterocycles. The molecule has 0 unspecified atom stereocenters. The van der Waals surface area contributed by atoms with Gasteiger partial charge in [-0.25, -0.2) is 4.68 Å². The highest BCUT2D eigenvalue weighted by Crippen LogP contribution is 2.38. The van der Waals surface area contributed by atoms with Crippen LogP contribution in [-0.2, 0) is 11.3 Å². The van der Waals surface area contributed by atoms with E-state index in [1.807, 2.05) is 4.90 Å². The molecular formula is C14H19N3O2. The van der Waals surface area contributed by atoms with E-state index in [0.717, 1.165) is 44.5 Å². The van der Waals surface area contributed by atoms with Gasteiger partial charge in [-0.3, -0.25) is 9.59 Å². The third kappa shape index (κ3) is 2.85. The number of amides is 1. The van der Waals surface area contributed by atoms with E-state index >= 15 is 0 Å². The maximum absolute atomic E-state index is 12.1. The molecule has 0 radical (unpaired) electrons. The number of likely N-dealkylation sites (tertiary alicyclic amines) is 1. The van der Waals surface area contributed by atoms with Gasteiger partial charge in [0.15, 0.2) is 0 Å². The zero-order valence-electron chi connectivity index (χ0n) is 11.0. The minimum Gasteiger partial charge on any atom is -0.341 e. The second-order valence-electron chi connectivity index (χ2n) is 5.47. The number of piperidine rings is 1. The smallest absolute Gasteiger partial charge is 0.267 e. The lowest BCUT2D eigenvalue weighted by Gasteiger charge is -2.26. The average molecular weight is 261 g/mol. The molecule has 1 saturated heterocycles. The summed E-state index contributed by atoms with van der Waals surface area (Å²) in [5, 5.41) is 4.33. The number of nitrogens with zero attached hydrogens (tertiary/aromatic N) is 3. The predicted molar refractivity (Wildman–Crippen MR) is 70.9 cm³/mol. The van der Waals surface area contributed by atoms with Crippen molar-refractivity contribution in [2.75, 3.05) is 13.1 Å². The number of aromatic nitrogens is 2. The van der Waals surface area contributed by atoms with Crippen molar-refractivity contribution in [2.45, 2.75) is 44.6 Å². The van der Waals surface area contributed by atoms with Gasteiger partial charge in [0.1, 0.15) is 6.54 Å². The molecule has 0 aromatic carbocycles. The first kappa shape index (κ1) is 12.4. The second-order valence-corrected chi connectivity index (χ2v) is 5.47. The van der Waals surface area contributed by atoms with E-state index < -0.39 is 0 Å². The van der Waals surface area contributed by atoms with Gasteiger partial charge in [-0.1, -0.05) is 0 Å². The minimum absolute atomic E-state index is 0.0160. The van der Waals surface area contributed by atoms with Crippen molar-refractivity contribution in [2.24, 2.45) is 0 Å². The van der Waals surface area contributed by atoms with Gasteiger partial charge >= 0.3 is 0 Å². The Morgan fingerprint density at radius 1 is 1.21 bits per heavy atom. The third-order valence-corrected chi connectivity index (χ3v) is 3.88. The fourth-order valence-electron chi connectivity index (χ4n) is 2.55. The van der Waals surface area contributed by atoms with Gasteiger partial charge in [0, 0.05) is 25.1 Å². The highest BCUT2D eigenvalue weighted by atomic mass is 16.2. The van der Waals surface area contributed by atoms with Crippen molar-refractivity contribution in [3.63, 3.8) is 0 Å². The van der Waals surface area contributed by atoms with E-state index in [9.17, 15) is 9.59 Å². The van der Waals surface area contributed by atoms with Crippen molar-refractivity contribution < 1.29 is 4.79 Å². The van der Waals surface area contributed by atoms with Gasteiger partial charge < -0.3 is 4.90 Å². The number of hydrogen-bond donors (Lipinski definition) is 0. The Bertz CT molecular complexity index is 528. The molecule has 2 heterocycles. The van der Waals surface area contributed by atoms with E-state index in [1.54, 1.807) is 6.07 Å². The van der Waals surface area contributed by atoms with Crippen LogP contribution >= 0.6 is 0 Å². The lowest BCUT2D eigenvalue weighted by atomic mass is 10.1. The van der Waals surface area contributed by atoms with Crippen molar-refractivity contribution in [1.82, 2.24) is 14.7 Å². The fourth-order valence-corrected chi connectivity index (χ4v) is 2.55. The highest BCUT2D eigenvalue weighted by Gasteiger charge is 2.26. The highest BCUT2D eigenvalue weighted by molar-refractivity contribution is 5.75. The summed E-state index contributed by atoms with van der Waals surface area (Å²) in [6, 6.07) is 3.33. The summed E-state index contributed by atoms with van der Waals surface area (Å²) in [4.78, 5) is 25.8. The fraction of sp³-hybridized carbons (Fsp3) is 0.643. The molecule has 0 bridgehead atoms. The standard InChI is InChI=1S/C14H19N3O2/c18-13-7-6-12(11-4-5-11)15-17(13)10-14(19)16-8-2-1-3-9-16/h6-7,11H,1-5,8-10H2. The molecule has 0 spiro atoms. The van der Waals surface area contributed by atoms with Crippen LogP contribution in [0.15, 0.2) is 16.9 Å². The van der Waals surface area contributed by atoms with E-state index in [-0.39, 0.29) is 18.0 Å². The van der Waals surface area contributed by atoms with Crippen LogP contribution in [0.2, 0.25) is 0 Å². The zero-order chi connectivity index (χ0) is 13.2. The van der Waals surface area contributed by atoms with E-state index in [1.165, 1.54) is 17.2 Å². The molecule has 5 nitrogen and oxygen atoms in total. The Morgan fingerprint density at radius 2 is 1.95 bits per heavy atom. The molecule has 19 heavy (non-hydrogen) atoms. The van der Waals surface area contributed by atoms with Crippen LogP contribution in [0, 0.1) is 0 Å². The maximum atomic E-state index is 12.1. The lowest BCUT2D eigenvalue weighted by molar-refractivity contribution is -0.133. The predicted octanol–water partition coefficient (Wildman–Crippen LogP) is 1.13. The summed E-state index contributed by atoms with van der Waals surface area (Å²) < 4.78 is 1.32. The van der Waals surface area contributed by atoms with Crippen LogP contribution in [0.4, 0.5) is 0 Å². The molecule has 0 N–H and O–H groups in total. The molecule has 0 atom stereocenters. The van der Waals surface area contributed by atoms with Crippen molar-refractivity contribution in [3.05, 3.63) is 28.2 Å². The SMILES string of the molecule is O=C(Cn1nc(C2CC2)ccc1=O)N1CCCCC1. The molecule has 1 aromatic heterocycles. The van der Waals surface area contributed by atoms with Crippen LogP contribution in [0.1, 0.15) is 43.7 Å². The average Bonchev–Trinajstić information content (AvgIpc) is 3.27. The molecule has 1 amide bonds. The molecule has 1 aromatic rings. The van der Waals surface area contributed by atoms with Gasteiger partial charge in [0.2, 0.25) is 5.91 Å². The van der Waals surface area contributed by atoms with Crippen LogP contribution < -0.4 is 5.56 Å². The van der Waals surface area contributed by atoms with Gasteiger partial charge in [-0.2, -0.15) is 5.10 Å². The lowest BCUT2D eigenvalue weighted by Crippen LogP contribution is -2.40. The molecule has 5 heteroatoms. The number of hydrogen-bond acceptors (Lipinski definition) is 3. The van der Waals surface area contributed by atoms with Crippen molar-refractivity contribution in [3.8, 4) is 0 Å². The molecule has 2 fully saturated rings. The van der Waals surface area contributed by atoms with Gasteiger partial charge in [-0.15, -0.1) is 0 Å². The Labute approximate surface area is 112 Å². The summed E-state index contributed by atoms with van der Waals surface area (Å²) in [5.74, 6) is 0.513. The maximum Gasteiger partial charge on any atom is 0.267 e. The quantitative estimate of drug-likeness (QED) is 0.819. The number of rotatable bonds is 3. The first-order chi connectivity index (χ1) is 9.24. The van der Waals surface area contributed by atoms with E-state index in [0.29, 0.717) is 5.92 Å². The number of carbonyl (C=O) groups excluding carboxylic acids is 1.